The molecule has 0 aromatic rings. The average molecular weight is 552 g/mol. The van der Waals surface area contributed by atoms with Gasteiger partial charge in [-0.2, -0.15) is 13.1 Å². The first-order valence-corrected chi connectivity index (χ1v) is 16.8. The van der Waals surface area contributed by atoms with Gasteiger partial charge in [0.05, 0.1) is 11.5 Å². The van der Waals surface area contributed by atoms with Crippen molar-refractivity contribution in [3.63, 3.8) is 0 Å². The van der Waals surface area contributed by atoms with Crippen molar-refractivity contribution in [2.75, 3.05) is 7.05 Å². The number of hydrogen-bond acceptors (Lipinski definition) is 4. The molecule has 5 rings (SSSR count). The average Bonchev–Trinajstić information content (AvgIpc) is 3.23. The third-order valence-electron chi connectivity index (χ3n) is 14.2. The molecule has 5 aliphatic carbocycles. The van der Waals surface area contributed by atoms with Gasteiger partial charge in [-0.05, 0) is 121 Å². The van der Waals surface area contributed by atoms with Crippen LogP contribution in [0.4, 0.5) is 0 Å². The number of carbonyl (C=O) groups is 1. The molecule has 38 heavy (non-hydrogen) atoms. The maximum Gasteiger partial charge on any atom is 0.335 e. The van der Waals surface area contributed by atoms with Gasteiger partial charge in [-0.25, -0.2) is 0 Å². The topological polar surface area (TPSA) is 92.7 Å². The second-order valence-electron chi connectivity index (χ2n) is 15.7. The molecule has 10 atom stereocenters. The van der Waals surface area contributed by atoms with Crippen LogP contribution in [-0.2, 0) is 19.3 Å². The smallest absolute Gasteiger partial charge is 0.335 e. The lowest BCUT2D eigenvalue weighted by molar-refractivity contribution is -0.247. The van der Waals surface area contributed by atoms with Gasteiger partial charge in [-0.3, -0.25) is 8.98 Å². The van der Waals surface area contributed by atoms with Gasteiger partial charge in [0.1, 0.15) is 0 Å². The Morgan fingerprint density at radius 1 is 0.868 bits per heavy atom. The summed E-state index contributed by atoms with van der Waals surface area (Å²) in [5, 5.41) is 10.6. The molecule has 0 spiro atoms. The molecule has 0 saturated heterocycles. The predicted octanol–water partition coefficient (Wildman–Crippen LogP) is 6.66. The molecule has 6 nitrogen and oxygen atoms in total. The minimum absolute atomic E-state index is 0.127. The van der Waals surface area contributed by atoms with E-state index in [1.165, 1.54) is 7.05 Å². The van der Waals surface area contributed by atoms with E-state index in [0.717, 1.165) is 64.2 Å². The van der Waals surface area contributed by atoms with E-state index in [2.05, 4.69) is 53.2 Å². The Morgan fingerprint density at radius 3 is 2.16 bits per heavy atom. The van der Waals surface area contributed by atoms with E-state index in [1.807, 2.05) is 0 Å². The summed E-state index contributed by atoms with van der Waals surface area (Å²) in [7, 11) is -2.33. The SMILES string of the molecule is CNS(=O)(=O)OC1CC[C@@]2(C)C(CC[C@]3(C)C2CCC2C4[C@H](C(C)C)CC[C@]4(C(=O)O)CC[C@]23C)C1(C)C. The number of hydrogen-bond donors (Lipinski definition) is 2. The van der Waals surface area contributed by atoms with Crippen LogP contribution in [0, 0.1) is 62.6 Å². The fourth-order valence-electron chi connectivity index (χ4n) is 12.1. The van der Waals surface area contributed by atoms with Crippen molar-refractivity contribution in [1.29, 1.82) is 0 Å². The summed E-state index contributed by atoms with van der Waals surface area (Å²) in [6, 6.07) is 0. The predicted molar refractivity (Wildman–Crippen MR) is 149 cm³/mol. The lowest BCUT2D eigenvalue weighted by atomic mass is 9.32. The number of carboxylic acids is 1. The van der Waals surface area contributed by atoms with Gasteiger partial charge in [0.15, 0.2) is 0 Å². The first-order valence-electron chi connectivity index (χ1n) is 15.4. The van der Waals surface area contributed by atoms with Gasteiger partial charge in [0.2, 0.25) is 0 Å². The van der Waals surface area contributed by atoms with Gasteiger partial charge < -0.3 is 5.11 Å². The summed E-state index contributed by atoms with van der Waals surface area (Å²) in [6.07, 6.45) is 9.72. The maximum absolute atomic E-state index is 12.9. The maximum atomic E-state index is 12.9. The lowest BCUT2D eigenvalue weighted by Crippen LogP contribution is -2.67. The Labute approximate surface area is 231 Å². The molecule has 5 fully saturated rings. The van der Waals surface area contributed by atoms with Crippen LogP contribution in [0.15, 0.2) is 0 Å². The van der Waals surface area contributed by atoms with E-state index in [-0.39, 0.29) is 33.7 Å². The molecule has 5 unspecified atom stereocenters. The molecule has 0 aliphatic heterocycles. The van der Waals surface area contributed by atoms with Crippen LogP contribution in [0.25, 0.3) is 0 Å². The van der Waals surface area contributed by atoms with Gasteiger partial charge in [0, 0.05) is 7.05 Å². The molecule has 0 radical (unpaired) electrons. The summed E-state index contributed by atoms with van der Waals surface area (Å²) in [5.74, 6) is 2.21. The number of rotatable bonds is 5. The highest BCUT2D eigenvalue weighted by Crippen LogP contribution is 2.77. The second-order valence-corrected chi connectivity index (χ2v) is 17.2. The highest BCUT2D eigenvalue weighted by molar-refractivity contribution is 7.84. The number of carboxylic acid groups (broad SMARTS) is 1. The Balaban J connectivity index is 1.50. The highest BCUT2D eigenvalue weighted by Gasteiger charge is 2.72. The van der Waals surface area contributed by atoms with Gasteiger partial charge in [-0.15, -0.1) is 0 Å². The van der Waals surface area contributed by atoms with Crippen molar-refractivity contribution in [1.82, 2.24) is 4.72 Å². The first-order chi connectivity index (χ1) is 17.5. The van der Waals surface area contributed by atoms with Crippen molar-refractivity contribution in [3.05, 3.63) is 0 Å². The molecule has 5 aliphatic rings. The van der Waals surface area contributed by atoms with Gasteiger partial charge >= 0.3 is 16.3 Å². The quantitative estimate of drug-likeness (QED) is 0.399. The zero-order chi connectivity index (χ0) is 28.1. The molecule has 0 bridgehead atoms. The summed E-state index contributed by atoms with van der Waals surface area (Å²) in [5.41, 5.74) is -0.342. The van der Waals surface area contributed by atoms with Crippen molar-refractivity contribution < 1.29 is 22.5 Å². The van der Waals surface area contributed by atoms with Crippen LogP contribution in [0.5, 0.6) is 0 Å². The summed E-state index contributed by atoms with van der Waals surface area (Å²) in [4.78, 5) is 12.9. The Hall–Kier alpha value is -0.660. The van der Waals surface area contributed by atoms with Crippen LogP contribution in [0.1, 0.15) is 113 Å². The van der Waals surface area contributed by atoms with Crippen molar-refractivity contribution in [2.24, 2.45) is 62.6 Å². The summed E-state index contributed by atoms with van der Waals surface area (Å²) in [6.45, 7) is 16.7. The largest absolute Gasteiger partial charge is 0.481 e. The van der Waals surface area contributed by atoms with Crippen molar-refractivity contribution in [2.45, 2.75) is 119 Å². The normalized spacial score (nSPS) is 50.0. The van der Waals surface area contributed by atoms with E-state index in [9.17, 15) is 18.3 Å². The van der Waals surface area contributed by atoms with Gasteiger partial charge in [-0.1, -0.05) is 48.5 Å². The highest BCUT2D eigenvalue weighted by atomic mass is 32.2. The third kappa shape index (κ3) is 3.69. The summed E-state index contributed by atoms with van der Waals surface area (Å²) >= 11 is 0. The van der Waals surface area contributed by atoms with Crippen LogP contribution in [0.3, 0.4) is 0 Å². The Bertz CT molecular complexity index is 1070. The fourth-order valence-corrected chi connectivity index (χ4v) is 12.9. The van der Waals surface area contributed by atoms with Crippen molar-refractivity contribution >= 4 is 16.3 Å². The Kier molecular flexibility index (Phi) is 6.77. The monoisotopic (exact) mass is 551 g/mol. The minimum atomic E-state index is -3.74. The number of aliphatic carboxylic acids is 1. The number of fused-ring (bicyclic) bond motifs is 7. The molecule has 0 heterocycles. The molecule has 218 valence electrons. The fraction of sp³-hybridized carbons (Fsp3) is 0.968. The molecule has 5 saturated carbocycles. The van der Waals surface area contributed by atoms with Crippen LogP contribution in [0.2, 0.25) is 0 Å². The first kappa shape index (κ1) is 28.9. The van der Waals surface area contributed by atoms with Crippen LogP contribution < -0.4 is 4.72 Å². The minimum Gasteiger partial charge on any atom is -0.481 e. The zero-order valence-electron chi connectivity index (χ0n) is 25.1. The Morgan fingerprint density at radius 2 is 1.55 bits per heavy atom. The van der Waals surface area contributed by atoms with E-state index in [4.69, 9.17) is 4.18 Å². The molecular formula is C31H53NO5S. The van der Waals surface area contributed by atoms with E-state index in [1.54, 1.807) is 0 Å². The van der Waals surface area contributed by atoms with Crippen LogP contribution >= 0.6 is 0 Å². The standard InChI is InChI=1S/C31H53NO5S/c1-19(2)20-11-16-31(26(33)34)18-17-29(6)21(25(20)31)9-10-23-28(5)14-13-24(37-38(35,36)32-8)27(3,4)22(28)12-15-30(23,29)7/h19-25,32H,9-18H2,1-8H3,(H,33,34)/t20-,21?,22?,23?,24?,25?,28-,29+,30+,31-/m0/s1. The summed E-state index contributed by atoms with van der Waals surface area (Å²) < 4.78 is 32.7. The number of nitrogens with one attached hydrogen (secondary N) is 1. The molecule has 0 amide bonds. The van der Waals surface area contributed by atoms with Crippen molar-refractivity contribution in [3.8, 4) is 0 Å². The molecule has 0 aromatic heterocycles. The van der Waals surface area contributed by atoms with E-state index in [0.29, 0.717) is 29.6 Å². The van der Waals surface area contributed by atoms with E-state index >= 15 is 0 Å². The molecule has 2 N–H and O–H groups in total. The second kappa shape index (κ2) is 8.92. The molecular weight excluding hydrogens is 498 g/mol. The van der Waals surface area contributed by atoms with Crippen LogP contribution in [-0.4, -0.2) is 32.6 Å². The third-order valence-corrected chi connectivity index (χ3v) is 15.2. The molecule has 0 aromatic carbocycles. The molecule has 7 heteroatoms. The zero-order valence-corrected chi connectivity index (χ0v) is 25.9. The van der Waals surface area contributed by atoms with Gasteiger partial charge in [0.25, 0.3) is 0 Å². The van der Waals surface area contributed by atoms with E-state index < -0.39 is 21.7 Å². The lowest BCUT2D eigenvalue weighted by Gasteiger charge is -2.72.